The molecule has 1 aliphatic rings. The van der Waals surface area contributed by atoms with Gasteiger partial charge in [-0.25, -0.2) is 0 Å². The fourth-order valence-corrected chi connectivity index (χ4v) is 1.76. The van der Waals surface area contributed by atoms with Gasteiger partial charge in [-0.05, 0) is 47.0 Å². The van der Waals surface area contributed by atoms with Crippen molar-refractivity contribution in [3.8, 4) is 0 Å². The molecule has 0 unspecified atom stereocenters. The zero-order valence-corrected chi connectivity index (χ0v) is 9.73. The van der Waals surface area contributed by atoms with Gasteiger partial charge in [-0.15, -0.1) is 0 Å². The Morgan fingerprint density at radius 1 is 1.50 bits per heavy atom. The number of hydrogen-bond acceptors (Lipinski definition) is 1. The lowest BCUT2D eigenvalue weighted by molar-refractivity contribution is 0.0950. The molecule has 0 atom stereocenters. The maximum atomic E-state index is 11.7. The predicted octanol–water partition coefficient (Wildman–Crippen LogP) is 2.99. The fraction of sp³-hybridized carbons (Fsp3) is 0.300. The van der Waals surface area contributed by atoms with E-state index in [4.69, 9.17) is 11.6 Å². The molecule has 4 heteroatoms. The summed E-state index contributed by atoms with van der Waals surface area (Å²) >= 11 is 9.13. The number of nitrogens with one attached hydrogen (secondary N) is 1. The van der Waals surface area contributed by atoms with E-state index in [2.05, 4.69) is 21.2 Å². The third-order valence-electron chi connectivity index (χ3n) is 2.09. The maximum Gasteiger partial charge on any atom is 0.252 e. The lowest BCUT2D eigenvalue weighted by atomic mass is 10.2. The molecule has 0 aliphatic heterocycles. The molecule has 1 fully saturated rings. The smallest absolute Gasteiger partial charge is 0.252 e. The van der Waals surface area contributed by atoms with Gasteiger partial charge in [-0.3, -0.25) is 4.79 Å². The molecule has 74 valence electrons. The Morgan fingerprint density at radius 2 is 2.21 bits per heavy atom. The molecule has 0 radical (unpaired) electrons. The summed E-state index contributed by atoms with van der Waals surface area (Å²) in [5.74, 6) is -0.0538. The van der Waals surface area contributed by atoms with Gasteiger partial charge in [0.1, 0.15) is 0 Å². The summed E-state index contributed by atoms with van der Waals surface area (Å²) < 4.78 is 0.778. The Hall–Kier alpha value is -0.540. The molecule has 2 nitrogen and oxygen atoms in total. The van der Waals surface area contributed by atoms with Crippen molar-refractivity contribution in [1.82, 2.24) is 5.32 Å². The van der Waals surface area contributed by atoms with E-state index in [1.54, 1.807) is 18.2 Å². The normalized spacial score (nSPS) is 15.3. The van der Waals surface area contributed by atoms with Crippen LogP contribution in [0.2, 0.25) is 5.02 Å². The van der Waals surface area contributed by atoms with E-state index < -0.39 is 0 Å². The molecular formula is C10H9BrClNO. The zero-order chi connectivity index (χ0) is 10.1. The molecular weight excluding hydrogens is 265 g/mol. The minimum atomic E-state index is -0.0538. The Balaban J connectivity index is 2.20. The van der Waals surface area contributed by atoms with Crippen LogP contribution in [0.15, 0.2) is 22.7 Å². The Morgan fingerprint density at radius 3 is 2.86 bits per heavy atom. The average Bonchev–Trinajstić information content (AvgIpc) is 2.93. The summed E-state index contributed by atoms with van der Waals surface area (Å²) in [7, 11) is 0. The van der Waals surface area contributed by atoms with E-state index >= 15 is 0 Å². The first-order valence-corrected chi connectivity index (χ1v) is 5.60. The molecule has 1 aromatic carbocycles. The fourth-order valence-electron chi connectivity index (χ4n) is 1.16. The average molecular weight is 275 g/mol. The summed E-state index contributed by atoms with van der Waals surface area (Å²) in [6.07, 6.45) is 2.17. The van der Waals surface area contributed by atoms with Crippen molar-refractivity contribution >= 4 is 33.4 Å². The zero-order valence-electron chi connectivity index (χ0n) is 7.39. The van der Waals surface area contributed by atoms with Gasteiger partial charge in [0, 0.05) is 15.5 Å². The second-order valence-electron chi connectivity index (χ2n) is 3.37. The molecule has 2 rings (SSSR count). The molecule has 1 aromatic rings. The van der Waals surface area contributed by atoms with Crippen LogP contribution in [0.1, 0.15) is 23.2 Å². The van der Waals surface area contributed by atoms with Crippen molar-refractivity contribution in [1.29, 1.82) is 0 Å². The highest BCUT2D eigenvalue weighted by Crippen LogP contribution is 2.23. The number of halogens is 2. The lowest BCUT2D eigenvalue weighted by Crippen LogP contribution is -2.25. The Kier molecular flexibility index (Phi) is 2.79. The van der Waals surface area contributed by atoms with E-state index in [0.29, 0.717) is 16.6 Å². The van der Waals surface area contributed by atoms with Crippen LogP contribution >= 0.6 is 27.5 Å². The minimum absolute atomic E-state index is 0.0538. The van der Waals surface area contributed by atoms with Crippen molar-refractivity contribution in [3.05, 3.63) is 33.3 Å². The summed E-state index contributed by atoms with van der Waals surface area (Å²) in [5, 5.41) is 3.49. The van der Waals surface area contributed by atoms with Gasteiger partial charge in [0.15, 0.2) is 0 Å². The van der Waals surface area contributed by atoms with Crippen molar-refractivity contribution in [2.75, 3.05) is 0 Å². The number of rotatable bonds is 2. The van der Waals surface area contributed by atoms with Crippen molar-refractivity contribution in [2.45, 2.75) is 18.9 Å². The number of carbonyl (C=O) groups excluding carboxylic acids is 1. The standard InChI is InChI=1S/C10H9BrClNO/c11-9-4-1-6(12)5-8(9)10(14)13-7-2-3-7/h1,4-5,7H,2-3H2,(H,13,14). The number of amides is 1. The van der Waals surface area contributed by atoms with Crippen LogP contribution < -0.4 is 5.32 Å². The van der Waals surface area contributed by atoms with Crippen LogP contribution in [0.25, 0.3) is 0 Å². The van der Waals surface area contributed by atoms with Crippen LogP contribution in [-0.2, 0) is 0 Å². The molecule has 1 saturated carbocycles. The summed E-state index contributed by atoms with van der Waals surface area (Å²) in [4.78, 5) is 11.7. The van der Waals surface area contributed by atoms with Crippen LogP contribution in [0, 0.1) is 0 Å². The summed E-state index contributed by atoms with van der Waals surface area (Å²) in [6.45, 7) is 0. The van der Waals surface area contributed by atoms with E-state index in [0.717, 1.165) is 17.3 Å². The minimum Gasteiger partial charge on any atom is -0.349 e. The van der Waals surface area contributed by atoms with E-state index in [9.17, 15) is 4.79 Å². The van der Waals surface area contributed by atoms with Gasteiger partial charge in [0.05, 0.1) is 5.56 Å². The van der Waals surface area contributed by atoms with E-state index in [1.807, 2.05) is 0 Å². The molecule has 0 saturated heterocycles. The van der Waals surface area contributed by atoms with Gasteiger partial charge in [-0.1, -0.05) is 11.6 Å². The second kappa shape index (κ2) is 3.91. The third-order valence-corrected chi connectivity index (χ3v) is 3.01. The van der Waals surface area contributed by atoms with E-state index in [-0.39, 0.29) is 5.91 Å². The van der Waals surface area contributed by atoms with Crippen molar-refractivity contribution < 1.29 is 4.79 Å². The highest BCUT2D eigenvalue weighted by Gasteiger charge is 2.24. The van der Waals surface area contributed by atoms with Gasteiger partial charge in [0.25, 0.3) is 5.91 Å². The second-order valence-corrected chi connectivity index (χ2v) is 4.66. The van der Waals surface area contributed by atoms with Crippen LogP contribution in [0.5, 0.6) is 0 Å². The third kappa shape index (κ3) is 2.28. The number of carbonyl (C=O) groups is 1. The molecule has 0 heterocycles. The monoisotopic (exact) mass is 273 g/mol. The Bertz CT molecular complexity index is 376. The maximum absolute atomic E-state index is 11.7. The topological polar surface area (TPSA) is 29.1 Å². The van der Waals surface area contributed by atoms with E-state index in [1.165, 1.54) is 0 Å². The predicted molar refractivity (Wildman–Crippen MR) is 59.6 cm³/mol. The highest BCUT2D eigenvalue weighted by molar-refractivity contribution is 9.10. The van der Waals surface area contributed by atoms with Gasteiger partial charge in [-0.2, -0.15) is 0 Å². The molecule has 0 spiro atoms. The SMILES string of the molecule is O=C(NC1CC1)c1cc(Cl)ccc1Br. The van der Waals surface area contributed by atoms with Gasteiger partial charge in [0.2, 0.25) is 0 Å². The number of hydrogen-bond donors (Lipinski definition) is 1. The van der Waals surface area contributed by atoms with Gasteiger partial charge < -0.3 is 5.32 Å². The van der Waals surface area contributed by atoms with Crippen LogP contribution in [-0.4, -0.2) is 11.9 Å². The highest BCUT2D eigenvalue weighted by atomic mass is 79.9. The quantitative estimate of drug-likeness (QED) is 0.882. The summed E-state index contributed by atoms with van der Waals surface area (Å²) in [6, 6.07) is 5.57. The first kappa shape index (κ1) is 9.99. The number of benzene rings is 1. The molecule has 14 heavy (non-hydrogen) atoms. The molecule has 1 amide bonds. The first-order chi connectivity index (χ1) is 6.66. The Labute approximate surface area is 95.8 Å². The summed E-state index contributed by atoms with van der Waals surface area (Å²) in [5.41, 5.74) is 0.601. The van der Waals surface area contributed by atoms with Gasteiger partial charge >= 0.3 is 0 Å². The largest absolute Gasteiger partial charge is 0.349 e. The molecule has 1 N–H and O–H groups in total. The van der Waals surface area contributed by atoms with Crippen LogP contribution in [0.3, 0.4) is 0 Å². The van der Waals surface area contributed by atoms with Crippen molar-refractivity contribution in [3.63, 3.8) is 0 Å². The molecule has 0 aromatic heterocycles. The van der Waals surface area contributed by atoms with Crippen molar-refractivity contribution in [2.24, 2.45) is 0 Å². The first-order valence-electron chi connectivity index (χ1n) is 4.43. The van der Waals surface area contributed by atoms with Crippen LogP contribution in [0.4, 0.5) is 0 Å². The lowest BCUT2D eigenvalue weighted by Gasteiger charge is -2.05. The molecule has 1 aliphatic carbocycles. The molecule has 0 bridgehead atoms.